The van der Waals surface area contributed by atoms with Crippen molar-refractivity contribution in [2.75, 3.05) is 6.54 Å². The van der Waals surface area contributed by atoms with Crippen LogP contribution in [0.1, 0.15) is 17.0 Å². The first-order chi connectivity index (χ1) is 13.3. The Balaban J connectivity index is 1.32. The van der Waals surface area contributed by atoms with Crippen LogP contribution in [0.5, 0.6) is 0 Å². The van der Waals surface area contributed by atoms with E-state index in [0.717, 1.165) is 48.9 Å². The predicted molar refractivity (Wildman–Crippen MR) is 105 cm³/mol. The van der Waals surface area contributed by atoms with Gasteiger partial charge in [-0.3, -0.25) is 9.88 Å². The maximum absolute atomic E-state index is 5.41. The van der Waals surface area contributed by atoms with Gasteiger partial charge in [-0.05, 0) is 35.7 Å². The second-order valence-electron chi connectivity index (χ2n) is 6.59. The molecule has 0 spiro atoms. The molecule has 0 unspecified atom stereocenters. The fourth-order valence-electron chi connectivity index (χ4n) is 3.39. The van der Waals surface area contributed by atoms with Gasteiger partial charge in [0.1, 0.15) is 0 Å². The highest BCUT2D eigenvalue weighted by atomic mass is 32.1. The van der Waals surface area contributed by atoms with Crippen molar-refractivity contribution in [2.24, 2.45) is 0 Å². The molecule has 6 heteroatoms. The van der Waals surface area contributed by atoms with Gasteiger partial charge < -0.3 is 4.42 Å². The molecule has 0 aliphatic carbocycles. The normalized spacial score (nSPS) is 14.2. The molecule has 0 saturated carbocycles. The zero-order valence-electron chi connectivity index (χ0n) is 14.7. The number of rotatable bonds is 4. The van der Waals surface area contributed by atoms with Crippen LogP contribution in [-0.4, -0.2) is 26.4 Å². The van der Waals surface area contributed by atoms with E-state index in [-0.39, 0.29) is 0 Å². The van der Waals surface area contributed by atoms with Gasteiger partial charge in [0.15, 0.2) is 11.6 Å². The zero-order valence-corrected chi connectivity index (χ0v) is 15.5. The Bertz CT molecular complexity index is 1040. The number of thiophene rings is 1. The fourth-order valence-corrected chi connectivity index (χ4v) is 4.09. The van der Waals surface area contributed by atoms with Crippen molar-refractivity contribution < 1.29 is 4.42 Å². The summed E-state index contributed by atoms with van der Waals surface area (Å²) in [5.41, 5.74) is 4.45. The van der Waals surface area contributed by atoms with E-state index in [9.17, 15) is 0 Å². The lowest BCUT2D eigenvalue weighted by Crippen LogP contribution is -2.31. The summed E-state index contributed by atoms with van der Waals surface area (Å²) in [6.07, 6.45) is 4.50. The Hall–Kier alpha value is -2.83. The molecule has 27 heavy (non-hydrogen) atoms. The predicted octanol–water partition coefficient (Wildman–Crippen LogP) is 4.42. The molecule has 5 nitrogen and oxygen atoms in total. The molecule has 0 radical (unpaired) electrons. The maximum atomic E-state index is 5.41. The highest BCUT2D eigenvalue weighted by Crippen LogP contribution is 2.25. The Morgan fingerprint density at radius 2 is 2.07 bits per heavy atom. The van der Waals surface area contributed by atoms with E-state index in [1.165, 1.54) is 10.4 Å². The van der Waals surface area contributed by atoms with Crippen molar-refractivity contribution >= 4 is 11.3 Å². The van der Waals surface area contributed by atoms with Crippen molar-refractivity contribution in [3.63, 3.8) is 0 Å². The van der Waals surface area contributed by atoms with Crippen molar-refractivity contribution in [1.82, 2.24) is 19.9 Å². The molecule has 4 aromatic heterocycles. The SMILES string of the molecule is c1cc(CN2CCc3nc(-c4ccco4)ncc3C2)nc(-c2cccs2)c1. The molecule has 0 amide bonds. The minimum atomic E-state index is 0.664. The topological polar surface area (TPSA) is 55.1 Å². The first-order valence-corrected chi connectivity index (χ1v) is 9.84. The standard InChI is InChI=1S/C21H18N4OS/c1-4-16(23-18(5-1)20-7-3-11-27-20)14-25-9-8-17-15(13-25)12-22-21(24-17)19-6-2-10-26-19/h1-7,10-12H,8-9,13-14H2. The molecule has 4 aromatic rings. The highest BCUT2D eigenvalue weighted by Gasteiger charge is 2.20. The van der Waals surface area contributed by atoms with Crippen LogP contribution in [0.25, 0.3) is 22.2 Å². The summed E-state index contributed by atoms with van der Waals surface area (Å²) < 4.78 is 5.41. The van der Waals surface area contributed by atoms with E-state index in [4.69, 9.17) is 14.4 Å². The van der Waals surface area contributed by atoms with Crippen molar-refractivity contribution in [3.05, 3.63) is 77.3 Å². The lowest BCUT2D eigenvalue weighted by molar-refractivity contribution is 0.240. The smallest absolute Gasteiger partial charge is 0.195 e. The van der Waals surface area contributed by atoms with Gasteiger partial charge in [-0.15, -0.1) is 11.3 Å². The number of nitrogens with zero attached hydrogens (tertiary/aromatic N) is 4. The number of hydrogen-bond donors (Lipinski definition) is 0. The monoisotopic (exact) mass is 374 g/mol. The largest absolute Gasteiger partial charge is 0.461 e. The van der Waals surface area contributed by atoms with E-state index in [1.54, 1.807) is 17.6 Å². The summed E-state index contributed by atoms with van der Waals surface area (Å²) in [6, 6.07) is 14.2. The third-order valence-electron chi connectivity index (χ3n) is 4.72. The Labute approximate surface area is 161 Å². The van der Waals surface area contributed by atoms with Crippen LogP contribution in [0.3, 0.4) is 0 Å². The Morgan fingerprint density at radius 3 is 2.93 bits per heavy atom. The minimum absolute atomic E-state index is 0.664. The molecule has 0 fully saturated rings. The molecule has 134 valence electrons. The maximum Gasteiger partial charge on any atom is 0.195 e. The van der Waals surface area contributed by atoms with E-state index in [0.29, 0.717) is 5.82 Å². The second-order valence-corrected chi connectivity index (χ2v) is 7.54. The van der Waals surface area contributed by atoms with Crippen LogP contribution < -0.4 is 0 Å². The average Bonchev–Trinajstić information content (AvgIpc) is 3.42. The molecule has 0 saturated heterocycles. The third kappa shape index (κ3) is 3.41. The number of hydrogen-bond acceptors (Lipinski definition) is 6. The van der Waals surface area contributed by atoms with Gasteiger partial charge in [-0.2, -0.15) is 0 Å². The lowest BCUT2D eigenvalue weighted by Gasteiger charge is -2.27. The summed E-state index contributed by atoms with van der Waals surface area (Å²) in [7, 11) is 0. The van der Waals surface area contributed by atoms with E-state index >= 15 is 0 Å². The van der Waals surface area contributed by atoms with Crippen LogP contribution >= 0.6 is 11.3 Å². The van der Waals surface area contributed by atoms with Crippen LogP contribution in [-0.2, 0) is 19.5 Å². The average molecular weight is 374 g/mol. The molecular formula is C21H18N4OS. The first-order valence-electron chi connectivity index (χ1n) is 8.96. The lowest BCUT2D eigenvalue weighted by atomic mass is 10.1. The third-order valence-corrected chi connectivity index (χ3v) is 5.61. The number of pyridine rings is 1. The second kappa shape index (κ2) is 7.06. The van der Waals surface area contributed by atoms with Crippen molar-refractivity contribution in [3.8, 4) is 22.2 Å². The van der Waals surface area contributed by atoms with Crippen LogP contribution in [0.4, 0.5) is 0 Å². The Kier molecular flexibility index (Phi) is 4.27. The van der Waals surface area contributed by atoms with Gasteiger partial charge in [0.2, 0.25) is 0 Å². The summed E-state index contributed by atoms with van der Waals surface area (Å²) in [5.74, 6) is 1.38. The number of furan rings is 1. The van der Waals surface area contributed by atoms with E-state index in [2.05, 4.69) is 45.6 Å². The molecule has 1 aliphatic heterocycles. The van der Waals surface area contributed by atoms with Crippen LogP contribution in [0.2, 0.25) is 0 Å². The van der Waals surface area contributed by atoms with Crippen molar-refractivity contribution in [2.45, 2.75) is 19.5 Å². The zero-order chi connectivity index (χ0) is 18.1. The molecule has 1 aliphatic rings. The number of fused-ring (bicyclic) bond motifs is 1. The molecule has 0 aromatic carbocycles. The molecule has 5 rings (SSSR count). The summed E-state index contributed by atoms with van der Waals surface area (Å²) in [6.45, 7) is 2.64. The molecule has 5 heterocycles. The quantitative estimate of drug-likeness (QED) is 0.529. The van der Waals surface area contributed by atoms with E-state index < -0.39 is 0 Å². The van der Waals surface area contributed by atoms with Crippen LogP contribution in [0, 0.1) is 0 Å². The Morgan fingerprint density at radius 1 is 1.07 bits per heavy atom. The van der Waals surface area contributed by atoms with Crippen molar-refractivity contribution in [1.29, 1.82) is 0 Å². The minimum Gasteiger partial charge on any atom is -0.461 e. The number of aromatic nitrogens is 3. The highest BCUT2D eigenvalue weighted by molar-refractivity contribution is 7.13. The van der Waals surface area contributed by atoms with Gasteiger partial charge in [0, 0.05) is 37.8 Å². The molecular weight excluding hydrogens is 356 g/mol. The fraction of sp³-hybridized carbons (Fsp3) is 0.190. The van der Waals surface area contributed by atoms with Gasteiger partial charge in [-0.1, -0.05) is 12.1 Å². The summed E-state index contributed by atoms with van der Waals surface area (Å²) >= 11 is 1.72. The van der Waals surface area contributed by atoms with Gasteiger partial charge in [0.05, 0.1) is 28.2 Å². The molecule has 0 bridgehead atoms. The van der Waals surface area contributed by atoms with Gasteiger partial charge in [-0.25, -0.2) is 9.97 Å². The summed E-state index contributed by atoms with van der Waals surface area (Å²) in [4.78, 5) is 17.6. The van der Waals surface area contributed by atoms with Gasteiger partial charge >= 0.3 is 0 Å². The van der Waals surface area contributed by atoms with E-state index in [1.807, 2.05) is 18.3 Å². The molecule has 0 N–H and O–H groups in total. The summed E-state index contributed by atoms with van der Waals surface area (Å²) in [5, 5.41) is 2.09. The van der Waals surface area contributed by atoms with Crippen LogP contribution in [0.15, 0.2) is 64.7 Å². The molecule has 0 atom stereocenters. The first kappa shape index (κ1) is 16.4. The van der Waals surface area contributed by atoms with Gasteiger partial charge in [0.25, 0.3) is 0 Å².